The lowest BCUT2D eigenvalue weighted by Gasteiger charge is -2.24. The number of carbonyl (C=O) groups excluding carboxylic acids is 1. The van der Waals surface area contributed by atoms with Gasteiger partial charge in [-0.2, -0.15) is 5.10 Å². The van der Waals surface area contributed by atoms with Crippen LogP contribution in [0.4, 0.5) is 0 Å². The number of aryl methyl sites for hydroxylation is 2. The van der Waals surface area contributed by atoms with E-state index in [0.717, 1.165) is 55.9 Å². The van der Waals surface area contributed by atoms with Crippen LogP contribution in [0, 0.1) is 0 Å². The van der Waals surface area contributed by atoms with E-state index in [0.29, 0.717) is 0 Å². The molecule has 0 saturated carbocycles. The number of hydrogen-bond acceptors (Lipinski definition) is 3. The van der Waals surface area contributed by atoms with Gasteiger partial charge in [-0.1, -0.05) is 30.3 Å². The first-order chi connectivity index (χ1) is 12.3. The number of carbonyl (C=O) groups is 1. The highest BCUT2D eigenvalue weighted by Gasteiger charge is 2.20. The summed E-state index contributed by atoms with van der Waals surface area (Å²) in [6.07, 6.45) is 5.40. The number of thiophene rings is 1. The molecule has 2 heterocycles. The average Bonchev–Trinajstić information content (AvgIpc) is 3.24. The molecule has 1 aromatic carbocycles. The van der Waals surface area contributed by atoms with E-state index in [1.807, 2.05) is 0 Å². The molecule has 1 aliphatic carbocycles. The Morgan fingerprint density at radius 3 is 2.68 bits per heavy atom. The lowest BCUT2D eigenvalue weighted by molar-refractivity contribution is -0.914. The van der Waals surface area contributed by atoms with Gasteiger partial charge in [-0.15, -0.1) is 11.3 Å². The van der Waals surface area contributed by atoms with Crippen LogP contribution >= 0.6 is 11.3 Å². The summed E-state index contributed by atoms with van der Waals surface area (Å²) in [5.74, 6) is -0.0500. The van der Waals surface area contributed by atoms with E-state index in [9.17, 15) is 4.79 Å². The number of quaternary nitrogens is 1. The molecular formula is C20H24N3OS+. The van der Waals surface area contributed by atoms with Crippen LogP contribution in [-0.2, 0) is 19.4 Å². The minimum absolute atomic E-state index is 0.0500. The Morgan fingerprint density at radius 2 is 1.92 bits per heavy atom. The van der Waals surface area contributed by atoms with E-state index in [2.05, 4.69) is 46.9 Å². The fourth-order valence-electron chi connectivity index (χ4n) is 3.69. The quantitative estimate of drug-likeness (QED) is 0.813. The lowest BCUT2D eigenvalue weighted by Crippen LogP contribution is -3.11. The van der Waals surface area contributed by atoms with Crippen LogP contribution in [0.1, 0.15) is 44.9 Å². The maximum Gasteiger partial charge on any atom is 0.281 e. The fraction of sp³-hybridized carbons (Fsp3) is 0.400. The first-order valence-corrected chi connectivity index (χ1v) is 9.94. The summed E-state index contributed by atoms with van der Waals surface area (Å²) in [5.41, 5.74) is 6.64. The Labute approximate surface area is 152 Å². The monoisotopic (exact) mass is 354 g/mol. The van der Waals surface area contributed by atoms with Crippen molar-refractivity contribution < 1.29 is 9.69 Å². The summed E-state index contributed by atoms with van der Waals surface area (Å²) in [5, 5.41) is 4.39. The Kier molecular flexibility index (Phi) is 4.95. The minimum atomic E-state index is -0.0500. The zero-order valence-corrected chi connectivity index (χ0v) is 15.2. The molecule has 0 spiro atoms. The van der Waals surface area contributed by atoms with Crippen molar-refractivity contribution in [1.82, 2.24) is 5.43 Å². The predicted molar refractivity (Wildman–Crippen MR) is 101 cm³/mol. The molecule has 2 N–H and O–H groups in total. The standard InChI is InChI=1S/C20H23N3OS/c24-20(19-13-16-7-4-8-18(16)25-19)22-21-17-9-11-23(12-10-17)14-15-5-2-1-3-6-15/h1-3,5-6,13H,4,7-12,14H2,(H,22,24)/p+1. The largest absolute Gasteiger partial charge is 0.331 e. The normalized spacial score (nSPS) is 19.5. The summed E-state index contributed by atoms with van der Waals surface area (Å²) >= 11 is 1.63. The molecule has 1 fully saturated rings. The third-order valence-electron chi connectivity index (χ3n) is 5.12. The van der Waals surface area contributed by atoms with E-state index in [1.165, 1.54) is 22.4 Å². The zero-order valence-electron chi connectivity index (χ0n) is 14.4. The van der Waals surface area contributed by atoms with Crippen molar-refractivity contribution in [2.45, 2.75) is 38.6 Å². The Balaban J connectivity index is 1.28. The molecule has 0 bridgehead atoms. The SMILES string of the molecule is O=C(NN=C1CC[NH+](Cc2ccccc2)CC1)c1cc2c(s1)CCC2. The van der Waals surface area contributed by atoms with Gasteiger partial charge in [-0.3, -0.25) is 4.79 Å². The fourth-order valence-corrected chi connectivity index (χ4v) is 4.83. The molecule has 1 amide bonds. The van der Waals surface area contributed by atoms with Gasteiger partial charge in [0.1, 0.15) is 6.54 Å². The van der Waals surface area contributed by atoms with E-state index in [4.69, 9.17) is 0 Å². The third kappa shape index (κ3) is 3.99. The maximum atomic E-state index is 12.3. The molecular weight excluding hydrogens is 330 g/mol. The summed E-state index contributed by atoms with van der Waals surface area (Å²) in [6.45, 7) is 3.23. The molecule has 130 valence electrons. The van der Waals surface area contributed by atoms with E-state index < -0.39 is 0 Å². The molecule has 1 saturated heterocycles. The van der Waals surface area contributed by atoms with Crippen LogP contribution in [0.2, 0.25) is 0 Å². The predicted octanol–water partition coefficient (Wildman–Crippen LogP) is 2.20. The van der Waals surface area contributed by atoms with Gasteiger partial charge in [0.05, 0.1) is 18.0 Å². The lowest BCUT2D eigenvalue weighted by atomic mass is 10.1. The van der Waals surface area contributed by atoms with Crippen molar-refractivity contribution in [3.8, 4) is 0 Å². The van der Waals surface area contributed by atoms with Crippen LogP contribution in [0.5, 0.6) is 0 Å². The van der Waals surface area contributed by atoms with E-state index in [-0.39, 0.29) is 5.91 Å². The second kappa shape index (κ2) is 7.50. The van der Waals surface area contributed by atoms with Crippen LogP contribution in [0.25, 0.3) is 0 Å². The zero-order chi connectivity index (χ0) is 17.1. The average molecular weight is 354 g/mol. The van der Waals surface area contributed by atoms with E-state index in [1.54, 1.807) is 16.2 Å². The van der Waals surface area contributed by atoms with Gasteiger partial charge < -0.3 is 4.90 Å². The number of rotatable bonds is 4. The van der Waals surface area contributed by atoms with Gasteiger partial charge in [0.25, 0.3) is 5.91 Å². The Hall–Kier alpha value is -1.98. The Bertz CT molecular complexity index is 750. The van der Waals surface area contributed by atoms with Gasteiger partial charge in [0.2, 0.25) is 0 Å². The third-order valence-corrected chi connectivity index (χ3v) is 6.35. The maximum absolute atomic E-state index is 12.3. The van der Waals surface area contributed by atoms with Crippen molar-refractivity contribution in [1.29, 1.82) is 0 Å². The molecule has 25 heavy (non-hydrogen) atoms. The number of likely N-dealkylation sites (tertiary alicyclic amines) is 1. The summed E-state index contributed by atoms with van der Waals surface area (Å²) in [7, 11) is 0. The van der Waals surface area contributed by atoms with Gasteiger partial charge >= 0.3 is 0 Å². The second-order valence-electron chi connectivity index (χ2n) is 6.94. The van der Waals surface area contributed by atoms with Gasteiger partial charge in [-0.05, 0) is 30.9 Å². The minimum Gasteiger partial charge on any atom is -0.331 e. The van der Waals surface area contributed by atoms with Crippen LogP contribution in [-0.4, -0.2) is 24.7 Å². The number of nitrogens with one attached hydrogen (secondary N) is 2. The summed E-state index contributed by atoms with van der Waals surface area (Å²) < 4.78 is 0. The molecule has 0 radical (unpaired) electrons. The highest BCUT2D eigenvalue weighted by Crippen LogP contribution is 2.30. The second-order valence-corrected chi connectivity index (χ2v) is 8.08. The van der Waals surface area contributed by atoms with Crippen LogP contribution in [0.3, 0.4) is 0 Å². The number of fused-ring (bicyclic) bond motifs is 1. The van der Waals surface area contributed by atoms with Crippen molar-refractivity contribution in [3.05, 3.63) is 57.3 Å². The van der Waals surface area contributed by atoms with Crippen molar-refractivity contribution in [3.63, 3.8) is 0 Å². The molecule has 5 heteroatoms. The van der Waals surface area contributed by atoms with Crippen molar-refractivity contribution >= 4 is 23.0 Å². The van der Waals surface area contributed by atoms with Crippen molar-refractivity contribution in [2.75, 3.05) is 13.1 Å². The Morgan fingerprint density at radius 1 is 1.12 bits per heavy atom. The van der Waals surface area contributed by atoms with E-state index >= 15 is 0 Å². The van der Waals surface area contributed by atoms with Crippen LogP contribution in [0.15, 0.2) is 41.5 Å². The summed E-state index contributed by atoms with van der Waals surface area (Å²) in [4.78, 5) is 16.1. The first kappa shape index (κ1) is 16.5. The number of piperidine rings is 1. The molecule has 4 nitrogen and oxygen atoms in total. The van der Waals surface area contributed by atoms with Gasteiger partial charge in [0.15, 0.2) is 0 Å². The highest BCUT2D eigenvalue weighted by molar-refractivity contribution is 7.14. The number of hydrogen-bond donors (Lipinski definition) is 2. The smallest absolute Gasteiger partial charge is 0.281 e. The molecule has 4 rings (SSSR count). The van der Waals surface area contributed by atoms with Gasteiger partial charge in [-0.25, -0.2) is 5.43 Å². The van der Waals surface area contributed by atoms with Crippen molar-refractivity contribution in [2.24, 2.45) is 5.10 Å². The molecule has 1 aliphatic heterocycles. The number of nitrogens with zero attached hydrogens (tertiary/aromatic N) is 1. The molecule has 2 aromatic rings. The van der Waals surface area contributed by atoms with Crippen LogP contribution < -0.4 is 10.3 Å². The highest BCUT2D eigenvalue weighted by atomic mass is 32.1. The number of benzene rings is 1. The summed E-state index contributed by atoms with van der Waals surface area (Å²) in [6, 6.07) is 12.7. The van der Waals surface area contributed by atoms with Gasteiger partial charge in [0, 0.05) is 29.0 Å². The molecule has 1 aromatic heterocycles. The molecule has 0 atom stereocenters. The number of amides is 1. The number of hydrazone groups is 1. The molecule has 2 aliphatic rings. The topological polar surface area (TPSA) is 45.9 Å². The first-order valence-electron chi connectivity index (χ1n) is 9.13. The molecule has 0 unspecified atom stereocenters.